The molecule has 1 heterocycles. The largest absolute Gasteiger partial charge is 0.433 e. The molecule has 2 rings (SSSR count). The minimum atomic E-state index is -0.727. The van der Waals surface area contributed by atoms with Crippen LogP contribution in [0.1, 0.15) is 20.9 Å². The zero-order chi connectivity index (χ0) is 18.4. The molecule has 2 N–H and O–H groups in total. The van der Waals surface area contributed by atoms with E-state index in [4.69, 9.17) is 4.42 Å². The lowest BCUT2D eigenvalue weighted by Gasteiger charge is -2.11. The number of nitro groups is 1. The normalized spacial score (nSPS) is 10.5. The van der Waals surface area contributed by atoms with Crippen LogP contribution in [0.3, 0.4) is 0 Å². The quantitative estimate of drug-likeness (QED) is 0.582. The van der Waals surface area contributed by atoms with Crippen LogP contribution < -0.4 is 10.6 Å². The Bertz CT molecular complexity index is 784. The number of carbonyl (C=O) groups excluding carboxylic acids is 2. The predicted molar refractivity (Wildman–Crippen MR) is 90.6 cm³/mol. The highest BCUT2D eigenvalue weighted by molar-refractivity contribution is 6.03. The van der Waals surface area contributed by atoms with Gasteiger partial charge < -0.3 is 20.0 Å². The number of benzene rings is 1. The van der Waals surface area contributed by atoms with Gasteiger partial charge in [-0.05, 0) is 38.4 Å². The summed E-state index contributed by atoms with van der Waals surface area (Å²) in [5.41, 5.74) is 0.770. The minimum absolute atomic E-state index is 0.187. The van der Waals surface area contributed by atoms with E-state index in [1.165, 1.54) is 12.1 Å². The molecule has 0 bridgehead atoms. The number of amides is 2. The van der Waals surface area contributed by atoms with Gasteiger partial charge >= 0.3 is 5.88 Å². The Morgan fingerprint density at radius 1 is 1.20 bits per heavy atom. The Balaban J connectivity index is 2.01. The lowest BCUT2D eigenvalue weighted by Crippen LogP contribution is -2.31. The fourth-order valence-corrected chi connectivity index (χ4v) is 1.97. The summed E-state index contributed by atoms with van der Waals surface area (Å²) < 4.78 is 4.84. The second kappa shape index (κ2) is 8.06. The van der Waals surface area contributed by atoms with Crippen molar-refractivity contribution in [1.82, 2.24) is 10.2 Å². The van der Waals surface area contributed by atoms with E-state index in [0.29, 0.717) is 24.3 Å². The van der Waals surface area contributed by atoms with Crippen molar-refractivity contribution in [3.05, 3.63) is 57.8 Å². The maximum atomic E-state index is 12.1. The van der Waals surface area contributed by atoms with Gasteiger partial charge in [0, 0.05) is 24.3 Å². The van der Waals surface area contributed by atoms with Crippen LogP contribution in [0.5, 0.6) is 0 Å². The molecule has 0 atom stereocenters. The van der Waals surface area contributed by atoms with Gasteiger partial charge in [0.25, 0.3) is 11.8 Å². The molecule has 9 nitrogen and oxygen atoms in total. The van der Waals surface area contributed by atoms with E-state index in [0.717, 1.165) is 6.07 Å². The van der Waals surface area contributed by atoms with Gasteiger partial charge in [-0.3, -0.25) is 19.7 Å². The molecule has 25 heavy (non-hydrogen) atoms. The van der Waals surface area contributed by atoms with Crippen molar-refractivity contribution in [2.45, 2.75) is 0 Å². The zero-order valence-electron chi connectivity index (χ0n) is 13.8. The first kappa shape index (κ1) is 18.1. The first-order valence-corrected chi connectivity index (χ1v) is 7.45. The van der Waals surface area contributed by atoms with E-state index in [-0.39, 0.29) is 11.7 Å². The van der Waals surface area contributed by atoms with Crippen molar-refractivity contribution < 1.29 is 18.9 Å². The SMILES string of the molecule is CN(C)CCNC(=O)c1cccc(NC(=O)c2ccc([N+](=O)[O-])o2)c1. The third-order valence-corrected chi connectivity index (χ3v) is 3.22. The Morgan fingerprint density at radius 3 is 2.60 bits per heavy atom. The van der Waals surface area contributed by atoms with E-state index in [9.17, 15) is 19.7 Å². The topological polar surface area (TPSA) is 118 Å². The number of carbonyl (C=O) groups is 2. The van der Waals surface area contributed by atoms with Crippen LogP contribution in [-0.2, 0) is 0 Å². The van der Waals surface area contributed by atoms with E-state index in [1.54, 1.807) is 18.2 Å². The summed E-state index contributed by atoms with van der Waals surface area (Å²) in [6, 6.07) is 8.68. The molecule has 0 saturated carbocycles. The summed E-state index contributed by atoms with van der Waals surface area (Å²) in [7, 11) is 3.81. The Kier molecular flexibility index (Phi) is 5.85. The van der Waals surface area contributed by atoms with Crippen LogP contribution in [0.4, 0.5) is 11.6 Å². The number of likely N-dealkylation sites (N-methyl/N-ethyl adjacent to an activating group) is 1. The Labute approximate surface area is 143 Å². The number of anilines is 1. The summed E-state index contributed by atoms with van der Waals surface area (Å²) in [4.78, 5) is 35.9. The number of hydrogen-bond donors (Lipinski definition) is 2. The van der Waals surface area contributed by atoms with Crippen molar-refractivity contribution in [3.63, 3.8) is 0 Å². The lowest BCUT2D eigenvalue weighted by molar-refractivity contribution is -0.402. The Morgan fingerprint density at radius 2 is 1.96 bits per heavy atom. The molecule has 0 unspecified atom stereocenters. The van der Waals surface area contributed by atoms with Gasteiger partial charge in [0.1, 0.15) is 4.92 Å². The minimum Gasteiger partial charge on any atom is -0.395 e. The monoisotopic (exact) mass is 346 g/mol. The molecule has 0 radical (unpaired) electrons. The van der Waals surface area contributed by atoms with E-state index >= 15 is 0 Å². The van der Waals surface area contributed by atoms with Crippen molar-refractivity contribution in [1.29, 1.82) is 0 Å². The molecular formula is C16H18N4O5. The van der Waals surface area contributed by atoms with Gasteiger partial charge in [0.15, 0.2) is 5.76 Å². The van der Waals surface area contributed by atoms with Crippen LogP contribution in [0.25, 0.3) is 0 Å². The maximum absolute atomic E-state index is 12.1. The summed E-state index contributed by atoms with van der Waals surface area (Å²) in [5, 5.41) is 15.9. The molecule has 132 valence electrons. The number of nitrogens with one attached hydrogen (secondary N) is 2. The second-order valence-corrected chi connectivity index (χ2v) is 5.49. The van der Waals surface area contributed by atoms with E-state index < -0.39 is 16.7 Å². The smallest absolute Gasteiger partial charge is 0.395 e. The molecule has 0 aliphatic rings. The molecule has 1 aromatic heterocycles. The molecule has 0 aliphatic carbocycles. The number of nitrogens with zero attached hydrogens (tertiary/aromatic N) is 2. The number of furan rings is 1. The van der Waals surface area contributed by atoms with Crippen molar-refractivity contribution >= 4 is 23.4 Å². The first-order valence-electron chi connectivity index (χ1n) is 7.45. The van der Waals surface area contributed by atoms with Gasteiger partial charge in [-0.1, -0.05) is 6.07 Å². The average Bonchev–Trinajstić information content (AvgIpc) is 3.05. The summed E-state index contributed by atoms with van der Waals surface area (Å²) >= 11 is 0. The van der Waals surface area contributed by atoms with E-state index in [1.807, 2.05) is 19.0 Å². The van der Waals surface area contributed by atoms with Crippen LogP contribution >= 0.6 is 0 Å². The summed E-state index contributed by atoms with van der Waals surface area (Å²) in [6.45, 7) is 1.21. The average molecular weight is 346 g/mol. The summed E-state index contributed by atoms with van der Waals surface area (Å²) in [6.07, 6.45) is 0. The van der Waals surface area contributed by atoms with Crippen molar-refractivity contribution in [2.24, 2.45) is 0 Å². The van der Waals surface area contributed by atoms with Crippen LogP contribution in [0.2, 0.25) is 0 Å². The third-order valence-electron chi connectivity index (χ3n) is 3.22. The van der Waals surface area contributed by atoms with Gasteiger partial charge in [0.05, 0.1) is 6.07 Å². The highest BCUT2D eigenvalue weighted by Crippen LogP contribution is 2.18. The van der Waals surface area contributed by atoms with Crippen LogP contribution in [0.15, 0.2) is 40.8 Å². The molecule has 0 aliphatic heterocycles. The molecule has 9 heteroatoms. The second-order valence-electron chi connectivity index (χ2n) is 5.49. The molecule has 0 saturated heterocycles. The summed E-state index contributed by atoms with van der Waals surface area (Å²) in [5.74, 6) is -1.60. The number of rotatable bonds is 7. The predicted octanol–water partition coefficient (Wildman–Crippen LogP) is 1.73. The molecular weight excluding hydrogens is 328 g/mol. The fourth-order valence-electron chi connectivity index (χ4n) is 1.97. The maximum Gasteiger partial charge on any atom is 0.433 e. The highest BCUT2D eigenvalue weighted by atomic mass is 16.6. The molecule has 0 spiro atoms. The van der Waals surface area contributed by atoms with Crippen molar-refractivity contribution in [2.75, 3.05) is 32.5 Å². The molecule has 0 fully saturated rings. The standard InChI is InChI=1S/C16H18N4O5/c1-19(2)9-8-17-15(21)11-4-3-5-12(10-11)18-16(22)13-6-7-14(25-13)20(23)24/h3-7,10H,8-9H2,1-2H3,(H,17,21)(H,18,22). The van der Waals surface area contributed by atoms with E-state index in [2.05, 4.69) is 10.6 Å². The molecule has 2 amide bonds. The van der Waals surface area contributed by atoms with Crippen LogP contribution in [-0.4, -0.2) is 48.8 Å². The van der Waals surface area contributed by atoms with Gasteiger partial charge in [-0.2, -0.15) is 0 Å². The van der Waals surface area contributed by atoms with Gasteiger partial charge in [-0.15, -0.1) is 0 Å². The van der Waals surface area contributed by atoms with Gasteiger partial charge in [-0.25, -0.2) is 0 Å². The van der Waals surface area contributed by atoms with Crippen molar-refractivity contribution in [3.8, 4) is 0 Å². The molecule has 1 aromatic carbocycles. The molecule has 2 aromatic rings. The first-order chi connectivity index (χ1) is 11.9. The zero-order valence-corrected chi connectivity index (χ0v) is 13.8. The third kappa shape index (κ3) is 5.15. The van der Waals surface area contributed by atoms with Crippen LogP contribution in [0, 0.1) is 10.1 Å². The fraction of sp³-hybridized carbons (Fsp3) is 0.250. The lowest BCUT2D eigenvalue weighted by atomic mass is 10.2. The Hall–Kier alpha value is -3.20. The highest BCUT2D eigenvalue weighted by Gasteiger charge is 2.17. The van der Waals surface area contributed by atoms with Gasteiger partial charge in [0.2, 0.25) is 0 Å². The number of hydrogen-bond acceptors (Lipinski definition) is 6.